The Balaban J connectivity index is 1.88. The van der Waals surface area contributed by atoms with Crippen LogP contribution in [0.3, 0.4) is 0 Å². The molecule has 4 heterocycles. The van der Waals surface area contributed by atoms with Crippen molar-refractivity contribution in [3.05, 3.63) is 84.8 Å². The molecule has 0 saturated carbocycles. The maximum absolute atomic E-state index is 4.59. The first kappa shape index (κ1) is 14.4. The molecule has 1 atom stereocenters. The molecular weight excluding hydrogens is 300 g/mol. The van der Waals surface area contributed by atoms with Crippen LogP contribution in [0.5, 0.6) is 0 Å². The normalized spacial score (nSPS) is 19.8. The van der Waals surface area contributed by atoms with Gasteiger partial charge in [0.15, 0.2) is 11.4 Å². The Morgan fingerprint density at radius 3 is 2.46 bits per heavy atom. The predicted molar refractivity (Wildman–Crippen MR) is 91.7 cm³/mol. The molecule has 0 aromatic carbocycles. The molecule has 1 N–H and O–H groups in total. The maximum atomic E-state index is 4.59. The van der Waals surface area contributed by atoms with Gasteiger partial charge in [-0.05, 0) is 24.3 Å². The van der Waals surface area contributed by atoms with Crippen molar-refractivity contribution in [3.63, 3.8) is 0 Å². The van der Waals surface area contributed by atoms with Crippen LogP contribution in [-0.2, 0) is 19.6 Å². The third kappa shape index (κ3) is 2.15. The Kier molecular flexibility index (Phi) is 3.30. The summed E-state index contributed by atoms with van der Waals surface area (Å²) >= 11 is 0. The van der Waals surface area contributed by atoms with Crippen molar-refractivity contribution >= 4 is 5.70 Å². The molecule has 1 aliphatic rings. The molecule has 4 rings (SSSR count). The second-order valence-electron chi connectivity index (χ2n) is 5.81. The van der Waals surface area contributed by atoms with E-state index in [4.69, 9.17) is 0 Å². The first-order valence-electron chi connectivity index (χ1n) is 7.75. The predicted octanol–water partition coefficient (Wildman–Crippen LogP) is 1.99. The van der Waals surface area contributed by atoms with Crippen LogP contribution in [0.15, 0.2) is 67.4 Å². The molecule has 0 radical (unpaired) electrons. The van der Waals surface area contributed by atoms with Gasteiger partial charge in [0.1, 0.15) is 5.82 Å². The molecule has 6 nitrogen and oxygen atoms in total. The minimum absolute atomic E-state index is 0.643. The molecule has 0 aliphatic carbocycles. The third-order valence-electron chi connectivity index (χ3n) is 4.25. The maximum Gasteiger partial charge on any atom is 0.157 e. The molecule has 3 aromatic heterocycles. The van der Waals surface area contributed by atoms with Crippen molar-refractivity contribution in [1.82, 2.24) is 29.4 Å². The van der Waals surface area contributed by atoms with Crippen LogP contribution >= 0.6 is 0 Å². The Bertz CT molecular complexity index is 918. The number of hydrogen-bond donors (Lipinski definition) is 1. The van der Waals surface area contributed by atoms with Gasteiger partial charge < -0.3 is 14.5 Å². The molecule has 0 fully saturated rings. The minimum atomic E-state index is -0.643. The van der Waals surface area contributed by atoms with E-state index in [0.717, 1.165) is 23.0 Å². The first-order chi connectivity index (χ1) is 11.7. The number of aromatic nitrogens is 5. The summed E-state index contributed by atoms with van der Waals surface area (Å²) in [5.74, 6) is 1.74. The summed E-state index contributed by atoms with van der Waals surface area (Å²) in [5.41, 5.74) is 1.17. The second-order valence-corrected chi connectivity index (χ2v) is 5.81. The zero-order chi connectivity index (χ0) is 16.6. The number of dihydropyridines is 1. The van der Waals surface area contributed by atoms with Gasteiger partial charge in [0.25, 0.3) is 0 Å². The van der Waals surface area contributed by atoms with Crippen molar-refractivity contribution in [2.75, 3.05) is 0 Å². The molecule has 0 spiro atoms. The summed E-state index contributed by atoms with van der Waals surface area (Å²) in [7, 11) is 3.97. The van der Waals surface area contributed by atoms with E-state index in [1.54, 1.807) is 18.6 Å². The monoisotopic (exact) mass is 318 g/mol. The molecule has 24 heavy (non-hydrogen) atoms. The Morgan fingerprint density at radius 2 is 1.79 bits per heavy atom. The number of pyridine rings is 1. The van der Waals surface area contributed by atoms with Crippen LogP contribution in [0.4, 0.5) is 0 Å². The lowest BCUT2D eigenvalue weighted by atomic mass is 9.89. The fourth-order valence-corrected chi connectivity index (χ4v) is 3.08. The van der Waals surface area contributed by atoms with E-state index in [1.165, 1.54) is 0 Å². The second kappa shape index (κ2) is 5.49. The highest BCUT2D eigenvalue weighted by Gasteiger charge is 2.39. The van der Waals surface area contributed by atoms with Gasteiger partial charge in [0.05, 0.1) is 11.4 Å². The Labute approximate surface area is 140 Å². The number of aryl methyl sites for hydroxylation is 2. The van der Waals surface area contributed by atoms with E-state index in [0.29, 0.717) is 0 Å². The van der Waals surface area contributed by atoms with Gasteiger partial charge in [-0.15, -0.1) is 0 Å². The number of rotatable bonds is 3. The molecule has 6 heteroatoms. The van der Waals surface area contributed by atoms with Gasteiger partial charge in [0, 0.05) is 45.1 Å². The summed E-state index contributed by atoms with van der Waals surface area (Å²) in [6, 6.07) is 5.91. The first-order valence-corrected chi connectivity index (χ1v) is 7.75. The fourth-order valence-electron chi connectivity index (χ4n) is 3.08. The Hall–Kier alpha value is -3.15. The van der Waals surface area contributed by atoms with Crippen molar-refractivity contribution in [2.45, 2.75) is 5.54 Å². The van der Waals surface area contributed by atoms with Crippen LogP contribution in [0.2, 0.25) is 0 Å². The molecular formula is C18H18N6. The summed E-state index contributed by atoms with van der Waals surface area (Å²) in [5, 5.41) is 3.61. The van der Waals surface area contributed by atoms with E-state index in [9.17, 15) is 0 Å². The highest BCUT2D eigenvalue weighted by Crippen LogP contribution is 2.33. The lowest BCUT2D eigenvalue weighted by Crippen LogP contribution is -2.45. The van der Waals surface area contributed by atoms with Crippen molar-refractivity contribution in [3.8, 4) is 0 Å². The van der Waals surface area contributed by atoms with Gasteiger partial charge in [-0.1, -0.05) is 12.1 Å². The van der Waals surface area contributed by atoms with E-state index < -0.39 is 5.54 Å². The van der Waals surface area contributed by atoms with E-state index in [1.807, 2.05) is 66.0 Å². The van der Waals surface area contributed by atoms with Crippen LogP contribution in [0.25, 0.3) is 5.70 Å². The number of nitrogens with zero attached hydrogens (tertiary/aromatic N) is 5. The highest BCUT2D eigenvalue weighted by molar-refractivity contribution is 5.65. The van der Waals surface area contributed by atoms with Gasteiger partial charge in [0.2, 0.25) is 0 Å². The van der Waals surface area contributed by atoms with Crippen molar-refractivity contribution < 1.29 is 0 Å². The lowest BCUT2D eigenvalue weighted by Gasteiger charge is -2.34. The number of hydrogen-bond acceptors (Lipinski definition) is 4. The zero-order valence-electron chi connectivity index (χ0n) is 13.6. The molecule has 0 amide bonds. The molecule has 120 valence electrons. The van der Waals surface area contributed by atoms with Crippen LogP contribution < -0.4 is 5.32 Å². The summed E-state index contributed by atoms with van der Waals surface area (Å²) in [6.45, 7) is 0. The summed E-state index contributed by atoms with van der Waals surface area (Å²) in [6.07, 6.45) is 15.4. The zero-order valence-corrected chi connectivity index (χ0v) is 13.6. The standard InChI is InChI=1S/C18H18N6/c1-23-12-10-20-16(23)14-6-5-8-18(22-14,15-7-3-4-9-19-15)17-21-11-13-24(17)2/h3-13,22H,1-2H3. The van der Waals surface area contributed by atoms with Crippen molar-refractivity contribution in [1.29, 1.82) is 0 Å². The number of allylic oxidation sites excluding steroid dienone is 2. The third-order valence-corrected chi connectivity index (χ3v) is 4.25. The van der Waals surface area contributed by atoms with Gasteiger partial charge in [-0.25, -0.2) is 9.97 Å². The Morgan fingerprint density at radius 1 is 0.958 bits per heavy atom. The topological polar surface area (TPSA) is 60.6 Å². The van der Waals surface area contributed by atoms with Crippen LogP contribution in [0.1, 0.15) is 17.3 Å². The van der Waals surface area contributed by atoms with Crippen LogP contribution in [-0.4, -0.2) is 24.1 Å². The molecule has 1 unspecified atom stereocenters. The summed E-state index contributed by atoms with van der Waals surface area (Å²) in [4.78, 5) is 13.6. The fraction of sp³-hybridized carbons (Fsp3) is 0.167. The average Bonchev–Trinajstić information content (AvgIpc) is 3.24. The SMILES string of the molecule is Cn1ccnc1C1=CC=CC(c2ccccn2)(c2nccn2C)N1. The van der Waals surface area contributed by atoms with Gasteiger partial charge in [-0.3, -0.25) is 4.98 Å². The van der Waals surface area contributed by atoms with E-state index >= 15 is 0 Å². The smallest absolute Gasteiger partial charge is 0.157 e. The van der Waals surface area contributed by atoms with E-state index in [2.05, 4.69) is 26.3 Å². The quantitative estimate of drug-likeness (QED) is 0.802. The van der Waals surface area contributed by atoms with Gasteiger partial charge in [-0.2, -0.15) is 0 Å². The van der Waals surface area contributed by atoms with Crippen LogP contribution in [0, 0.1) is 0 Å². The molecule has 0 bridgehead atoms. The number of imidazole rings is 2. The van der Waals surface area contributed by atoms with Crippen molar-refractivity contribution in [2.24, 2.45) is 14.1 Å². The number of nitrogens with one attached hydrogen (secondary N) is 1. The molecule has 1 aliphatic heterocycles. The van der Waals surface area contributed by atoms with E-state index in [-0.39, 0.29) is 0 Å². The average molecular weight is 318 g/mol. The van der Waals surface area contributed by atoms with Gasteiger partial charge >= 0.3 is 0 Å². The molecule has 0 saturated heterocycles. The minimum Gasteiger partial charge on any atom is -0.362 e. The largest absolute Gasteiger partial charge is 0.362 e. The highest BCUT2D eigenvalue weighted by atomic mass is 15.2. The summed E-state index contributed by atoms with van der Waals surface area (Å²) < 4.78 is 3.99. The lowest BCUT2D eigenvalue weighted by molar-refractivity contribution is 0.503. The molecule has 3 aromatic rings.